The first-order chi connectivity index (χ1) is 21.6. The van der Waals surface area contributed by atoms with E-state index in [9.17, 15) is 19.2 Å². The molecule has 1 aliphatic rings. The largest absolute Gasteiger partial charge is 0.448 e. The van der Waals surface area contributed by atoms with Crippen molar-refractivity contribution in [3.63, 3.8) is 0 Å². The fraction of sp³-hybridized carbons (Fsp3) is 0.324. The first-order valence-corrected chi connectivity index (χ1v) is 15.2. The number of rotatable bonds is 10. The number of carbonyl (C=O) groups is 4. The third kappa shape index (κ3) is 7.51. The SMILES string of the molecule is CC(=O)O[C@@H](C(=O)NCc1ccc(Cn2c(C)nc3ccccc32)cc1)[C@@H](OC(C)=O)C(=O)N1CCCC1c1cccc(Cl)c1. The van der Waals surface area contributed by atoms with Crippen molar-refractivity contribution >= 4 is 46.4 Å². The highest BCUT2D eigenvalue weighted by Gasteiger charge is 2.44. The predicted octanol–water partition coefficient (Wildman–Crippen LogP) is 4.89. The summed E-state index contributed by atoms with van der Waals surface area (Å²) < 4.78 is 12.8. The standard InChI is InChI=1S/C34H35ClN4O6/c1-21-37-28-10-4-5-11-30(28)39(21)20-25-15-13-24(14-16-25)19-36-33(42)31(44-22(2)40)32(45-23(3)41)34(43)38-17-7-12-29(38)26-8-6-9-27(35)18-26/h4-6,8-11,13-16,18,29,31-32H,7,12,17,19-20H2,1-3H3,(H,36,42)/t29?,31-,32-/m1/s1. The van der Waals surface area contributed by atoms with Crippen LogP contribution in [0.5, 0.6) is 0 Å². The zero-order chi connectivity index (χ0) is 32.1. The van der Waals surface area contributed by atoms with Gasteiger partial charge in [0.25, 0.3) is 11.8 Å². The van der Waals surface area contributed by atoms with E-state index in [0.717, 1.165) is 47.4 Å². The topological polar surface area (TPSA) is 120 Å². The highest BCUT2D eigenvalue weighted by Crippen LogP contribution is 2.34. The van der Waals surface area contributed by atoms with Crippen molar-refractivity contribution < 1.29 is 28.7 Å². The summed E-state index contributed by atoms with van der Waals surface area (Å²) in [4.78, 5) is 57.7. The van der Waals surface area contributed by atoms with Gasteiger partial charge in [-0.1, -0.05) is 60.1 Å². The molecular weight excluding hydrogens is 596 g/mol. The molecule has 1 fully saturated rings. The van der Waals surface area contributed by atoms with Crippen LogP contribution < -0.4 is 5.32 Å². The number of carbonyl (C=O) groups excluding carboxylic acids is 4. The average molecular weight is 631 g/mol. The summed E-state index contributed by atoms with van der Waals surface area (Å²) in [5, 5.41) is 3.27. The number of ether oxygens (including phenoxy) is 2. The minimum Gasteiger partial charge on any atom is -0.448 e. The van der Waals surface area contributed by atoms with Gasteiger partial charge in [0.15, 0.2) is 0 Å². The molecular formula is C34H35ClN4O6. The van der Waals surface area contributed by atoms with Gasteiger partial charge >= 0.3 is 11.9 Å². The Morgan fingerprint density at radius 1 is 0.933 bits per heavy atom. The lowest BCUT2D eigenvalue weighted by atomic mass is 10.0. The van der Waals surface area contributed by atoms with Crippen LogP contribution in [0.25, 0.3) is 11.0 Å². The number of aromatic nitrogens is 2. The summed E-state index contributed by atoms with van der Waals surface area (Å²) in [6, 6.07) is 22.5. The first kappa shape index (κ1) is 31.7. The van der Waals surface area contributed by atoms with Crippen LogP contribution in [0.2, 0.25) is 5.02 Å². The third-order valence-corrected chi connectivity index (χ3v) is 8.04. The Labute approximate surface area is 266 Å². The van der Waals surface area contributed by atoms with E-state index in [1.54, 1.807) is 23.1 Å². The predicted molar refractivity (Wildman–Crippen MR) is 168 cm³/mol. The first-order valence-electron chi connectivity index (χ1n) is 14.8. The Bertz CT molecular complexity index is 1720. The molecule has 0 spiro atoms. The molecule has 1 unspecified atom stereocenters. The van der Waals surface area contributed by atoms with Crippen molar-refractivity contribution in [3.05, 3.63) is 100 Å². The molecule has 1 N–H and O–H groups in total. The van der Waals surface area contributed by atoms with Crippen molar-refractivity contribution in [1.82, 2.24) is 19.8 Å². The molecule has 5 rings (SSSR count). The molecule has 10 nitrogen and oxygen atoms in total. The summed E-state index contributed by atoms with van der Waals surface area (Å²) in [7, 11) is 0. The number of likely N-dealkylation sites (tertiary alicyclic amines) is 1. The molecule has 4 aromatic rings. The Morgan fingerprint density at radius 3 is 2.33 bits per heavy atom. The van der Waals surface area contributed by atoms with E-state index in [1.165, 1.54) is 0 Å². The van der Waals surface area contributed by atoms with Crippen molar-refractivity contribution in [1.29, 1.82) is 0 Å². The van der Waals surface area contributed by atoms with Crippen LogP contribution in [0.3, 0.4) is 0 Å². The number of halogens is 1. The van der Waals surface area contributed by atoms with Crippen LogP contribution in [-0.2, 0) is 41.7 Å². The van der Waals surface area contributed by atoms with Gasteiger partial charge in [-0.3, -0.25) is 19.2 Å². The van der Waals surface area contributed by atoms with Gasteiger partial charge in [0.2, 0.25) is 12.2 Å². The molecule has 0 saturated carbocycles. The minimum atomic E-state index is -1.68. The van der Waals surface area contributed by atoms with Gasteiger partial charge in [-0.25, -0.2) is 4.98 Å². The fourth-order valence-corrected chi connectivity index (χ4v) is 5.94. The normalized spacial score (nSPS) is 15.8. The van der Waals surface area contributed by atoms with E-state index >= 15 is 0 Å². The van der Waals surface area contributed by atoms with Gasteiger partial charge in [0, 0.05) is 38.5 Å². The number of imidazole rings is 1. The number of benzene rings is 3. The Morgan fingerprint density at radius 2 is 1.62 bits per heavy atom. The lowest BCUT2D eigenvalue weighted by molar-refractivity contribution is -0.178. The smallest absolute Gasteiger partial charge is 0.303 e. The number of nitrogens with one attached hydrogen (secondary N) is 1. The molecule has 0 aliphatic carbocycles. The second-order valence-electron chi connectivity index (χ2n) is 11.1. The Kier molecular flexibility index (Phi) is 9.83. The molecule has 0 radical (unpaired) electrons. The van der Waals surface area contributed by atoms with Crippen molar-refractivity contribution in [2.45, 2.75) is 65.0 Å². The van der Waals surface area contributed by atoms with E-state index in [2.05, 4.69) is 14.9 Å². The summed E-state index contributed by atoms with van der Waals surface area (Å²) in [5.74, 6) is -2.05. The fourth-order valence-electron chi connectivity index (χ4n) is 5.74. The zero-order valence-electron chi connectivity index (χ0n) is 25.4. The van der Waals surface area contributed by atoms with Gasteiger partial charge in [-0.05, 0) is 60.7 Å². The number of amides is 2. The summed E-state index contributed by atoms with van der Waals surface area (Å²) in [6.45, 7) is 5.34. The van der Waals surface area contributed by atoms with E-state index in [0.29, 0.717) is 31.0 Å². The molecule has 2 heterocycles. The van der Waals surface area contributed by atoms with Crippen LogP contribution >= 0.6 is 11.6 Å². The number of hydrogen-bond donors (Lipinski definition) is 1. The lowest BCUT2D eigenvalue weighted by Gasteiger charge is -2.31. The van der Waals surface area contributed by atoms with Crippen LogP contribution in [0.1, 0.15) is 55.2 Å². The second kappa shape index (κ2) is 13.9. The summed E-state index contributed by atoms with van der Waals surface area (Å²) in [6.07, 6.45) is -1.99. The van der Waals surface area contributed by atoms with Gasteiger partial charge in [0.05, 0.1) is 17.1 Å². The van der Waals surface area contributed by atoms with Crippen molar-refractivity contribution in [2.24, 2.45) is 0 Å². The molecule has 2 amide bonds. The van der Waals surface area contributed by atoms with E-state index < -0.39 is 36.0 Å². The number of aryl methyl sites for hydroxylation is 1. The minimum absolute atomic E-state index is 0.0970. The van der Waals surface area contributed by atoms with Crippen LogP contribution in [0.15, 0.2) is 72.8 Å². The van der Waals surface area contributed by atoms with E-state index in [-0.39, 0.29) is 12.6 Å². The molecule has 1 aliphatic heterocycles. The Hall–Kier alpha value is -4.70. The Balaban J connectivity index is 1.30. The van der Waals surface area contributed by atoms with Crippen LogP contribution in [-0.4, -0.2) is 57.0 Å². The second-order valence-corrected chi connectivity index (χ2v) is 11.5. The van der Waals surface area contributed by atoms with Gasteiger partial charge < -0.3 is 24.3 Å². The van der Waals surface area contributed by atoms with E-state index in [4.69, 9.17) is 21.1 Å². The average Bonchev–Trinajstić information content (AvgIpc) is 3.62. The maximum absolute atomic E-state index is 13.9. The maximum atomic E-state index is 13.9. The number of fused-ring (bicyclic) bond motifs is 1. The lowest BCUT2D eigenvalue weighted by Crippen LogP contribution is -2.53. The highest BCUT2D eigenvalue weighted by atomic mass is 35.5. The van der Waals surface area contributed by atoms with Gasteiger partial charge in [-0.15, -0.1) is 0 Å². The monoisotopic (exact) mass is 630 g/mol. The number of hydrogen-bond acceptors (Lipinski definition) is 7. The van der Waals surface area contributed by atoms with Crippen LogP contribution in [0, 0.1) is 6.92 Å². The zero-order valence-corrected chi connectivity index (χ0v) is 26.1. The maximum Gasteiger partial charge on any atom is 0.303 e. The molecule has 11 heteroatoms. The van der Waals surface area contributed by atoms with Crippen molar-refractivity contribution in [2.75, 3.05) is 6.54 Å². The molecule has 3 aromatic carbocycles. The van der Waals surface area contributed by atoms with Crippen molar-refractivity contribution in [3.8, 4) is 0 Å². The van der Waals surface area contributed by atoms with E-state index in [1.807, 2.05) is 61.5 Å². The molecule has 1 saturated heterocycles. The number of nitrogens with zero attached hydrogens (tertiary/aromatic N) is 3. The summed E-state index contributed by atoms with van der Waals surface area (Å²) in [5.41, 5.74) is 4.65. The van der Waals surface area contributed by atoms with Gasteiger partial charge in [-0.2, -0.15) is 0 Å². The van der Waals surface area contributed by atoms with Gasteiger partial charge in [0.1, 0.15) is 5.82 Å². The molecule has 1 aromatic heterocycles. The van der Waals surface area contributed by atoms with Crippen LogP contribution in [0.4, 0.5) is 0 Å². The third-order valence-electron chi connectivity index (χ3n) is 7.81. The summed E-state index contributed by atoms with van der Waals surface area (Å²) >= 11 is 6.20. The molecule has 45 heavy (non-hydrogen) atoms. The molecule has 3 atom stereocenters. The number of para-hydroxylation sites is 2. The molecule has 0 bridgehead atoms. The highest BCUT2D eigenvalue weighted by molar-refractivity contribution is 6.30. The quantitative estimate of drug-likeness (QED) is 0.248. The molecule has 234 valence electrons. The number of esters is 2.